The van der Waals surface area contributed by atoms with E-state index in [2.05, 4.69) is 45.0 Å². The van der Waals surface area contributed by atoms with Crippen molar-refractivity contribution < 1.29 is 18.8 Å². The number of carbonyl (C=O) groups is 1. The van der Waals surface area contributed by atoms with E-state index in [-0.39, 0.29) is 23.7 Å². The van der Waals surface area contributed by atoms with Gasteiger partial charge in [-0.25, -0.2) is 0 Å². The maximum atomic E-state index is 12.8. The first-order chi connectivity index (χ1) is 13.2. The van der Waals surface area contributed by atoms with E-state index in [9.17, 15) is 4.79 Å². The lowest BCUT2D eigenvalue weighted by Gasteiger charge is -2.34. The van der Waals surface area contributed by atoms with Crippen LogP contribution in [0.5, 0.6) is 0 Å². The van der Waals surface area contributed by atoms with Gasteiger partial charge in [0.25, 0.3) is 5.91 Å². The first kappa shape index (κ1) is 20.6. The highest BCUT2D eigenvalue weighted by molar-refractivity contribution is 5.91. The maximum Gasteiger partial charge on any atom is 0.289 e. The van der Waals surface area contributed by atoms with Gasteiger partial charge in [-0.2, -0.15) is 0 Å². The fraction of sp³-hybridized carbons (Fsp3) is 0.522. The number of morpholine rings is 1. The molecule has 2 heterocycles. The Balaban J connectivity index is 1.70. The molecule has 152 valence electrons. The predicted molar refractivity (Wildman–Crippen MR) is 109 cm³/mol. The average molecular weight is 386 g/mol. The predicted octanol–water partition coefficient (Wildman–Crippen LogP) is 2.91. The van der Waals surface area contributed by atoms with Crippen molar-refractivity contribution in [2.24, 2.45) is 0 Å². The Hall–Kier alpha value is -2.11. The first-order valence-electron chi connectivity index (χ1n) is 10.1. The van der Waals surface area contributed by atoms with Crippen LogP contribution in [-0.2, 0) is 17.8 Å². The van der Waals surface area contributed by atoms with Crippen LogP contribution < -0.4 is 4.90 Å². The topological polar surface area (TPSA) is 47.1 Å². The van der Waals surface area contributed by atoms with E-state index in [1.807, 2.05) is 36.9 Å². The van der Waals surface area contributed by atoms with Crippen molar-refractivity contribution in [2.45, 2.75) is 65.5 Å². The molecule has 1 N–H and O–H groups in total. The zero-order valence-corrected chi connectivity index (χ0v) is 17.7. The average Bonchev–Trinajstić information content (AvgIpc) is 3.08. The summed E-state index contributed by atoms with van der Waals surface area (Å²) >= 11 is 0. The molecule has 0 bridgehead atoms. The van der Waals surface area contributed by atoms with Gasteiger partial charge < -0.3 is 19.0 Å². The van der Waals surface area contributed by atoms with Crippen molar-refractivity contribution in [1.29, 1.82) is 0 Å². The molecule has 2 aromatic rings. The fourth-order valence-corrected chi connectivity index (χ4v) is 3.73. The summed E-state index contributed by atoms with van der Waals surface area (Å²) in [5.41, 5.74) is 1.36. The smallest absolute Gasteiger partial charge is 0.289 e. The van der Waals surface area contributed by atoms with Crippen molar-refractivity contribution in [1.82, 2.24) is 4.90 Å². The summed E-state index contributed by atoms with van der Waals surface area (Å²) < 4.78 is 11.7. The number of nitrogens with zero attached hydrogens (tertiary/aromatic N) is 1. The van der Waals surface area contributed by atoms with Crippen molar-refractivity contribution in [3.63, 3.8) is 0 Å². The van der Waals surface area contributed by atoms with Crippen LogP contribution in [0, 0.1) is 0 Å². The van der Waals surface area contributed by atoms with E-state index in [1.165, 1.54) is 10.5 Å². The molecule has 1 aliphatic heterocycles. The molecule has 5 nitrogen and oxygen atoms in total. The normalized spacial score (nSPS) is 21.5. The van der Waals surface area contributed by atoms with Crippen molar-refractivity contribution in [3.05, 3.63) is 59.5 Å². The van der Waals surface area contributed by atoms with Gasteiger partial charge in [-0.05, 0) is 46.8 Å². The Morgan fingerprint density at radius 1 is 1.04 bits per heavy atom. The highest BCUT2D eigenvalue weighted by Crippen LogP contribution is 2.16. The van der Waals surface area contributed by atoms with Gasteiger partial charge in [0, 0.05) is 18.7 Å². The van der Waals surface area contributed by atoms with Gasteiger partial charge in [-0.1, -0.05) is 30.3 Å². The maximum absolute atomic E-state index is 12.8. The summed E-state index contributed by atoms with van der Waals surface area (Å²) in [6.07, 6.45) is 0.0997. The van der Waals surface area contributed by atoms with E-state index >= 15 is 0 Å². The van der Waals surface area contributed by atoms with Gasteiger partial charge in [0.15, 0.2) is 11.5 Å². The van der Waals surface area contributed by atoms with E-state index in [1.54, 1.807) is 0 Å². The number of furan rings is 1. The second kappa shape index (κ2) is 8.50. The number of hydrogen-bond donors (Lipinski definition) is 1. The van der Waals surface area contributed by atoms with Crippen LogP contribution in [0.15, 0.2) is 46.9 Å². The minimum absolute atomic E-state index is 0.0476. The molecule has 28 heavy (non-hydrogen) atoms. The number of carbonyl (C=O) groups excluding carboxylic acids is 1. The van der Waals surface area contributed by atoms with Crippen molar-refractivity contribution in [2.75, 3.05) is 13.1 Å². The summed E-state index contributed by atoms with van der Waals surface area (Å²) in [5, 5.41) is 0. The summed E-state index contributed by atoms with van der Waals surface area (Å²) in [4.78, 5) is 16.1. The minimum atomic E-state index is -0.0476. The highest BCUT2D eigenvalue weighted by atomic mass is 16.5. The second-order valence-electron chi connectivity index (χ2n) is 8.93. The van der Waals surface area contributed by atoms with Crippen LogP contribution in [-0.4, -0.2) is 41.6 Å². The lowest BCUT2D eigenvalue weighted by Crippen LogP contribution is -3.16. The van der Waals surface area contributed by atoms with Crippen molar-refractivity contribution in [3.8, 4) is 0 Å². The Morgan fingerprint density at radius 2 is 1.68 bits per heavy atom. The van der Waals surface area contributed by atoms with Gasteiger partial charge in [0.1, 0.15) is 13.1 Å². The number of hydrogen-bond acceptors (Lipinski definition) is 3. The van der Waals surface area contributed by atoms with Gasteiger partial charge in [0.2, 0.25) is 0 Å². The van der Waals surface area contributed by atoms with Crippen molar-refractivity contribution >= 4 is 5.91 Å². The number of amides is 1. The Bertz CT molecular complexity index is 769. The highest BCUT2D eigenvalue weighted by Gasteiger charge is 2.30. The number of nitrogens with one attached hydrogen (secondary N) is 1. The van der Waals surface area contributed by atoms with E-state index < -0.39 is 0 Å². The molecule has 5 heteroatoms. The monoisotopic (exact) mass is 385 g/mol. The lowest BCUT2D eigenvalue weighted by molar-refractivity contribution is -0.973. The Morgan fingerprint density at radius 3 is 2.29 bits per heavy atom. The third-order valence-electron chi connectivity index (χ3n) is 5.29. The Kier molecular flexibility index (Phi) is 6.26. The van der Waals surface area contributed by atoms with Crippen LogP contribution in [0.3, 0.4) is 0 Å². The molecule has 1 fully saturated rings. The first-order valence-corrected chi connectivity index (χ1v) is 10.1. The quantitative estimate of drug-likeness (QED) is 0.861. The molecule has 3 rings (SSSR count). The number of quaternary nitrogens is 1. The Labute approximate surface area is 168 Å². The van der Waals surface area contributed by atoms with Crippen LogP contribution in [0.1, 0.15) is 56.5 Å². The molecule has 1 aromatic carbocycles. The number of benzene rings is 1. The lowest BCUT2D eigenvalue weighted by atomic mass is 10.0. The molecular weight excluding hydrogens is 352 g/mol. The molecule has 0 spiro atoms. The van der Waals surface area contributed by atoms with E-state index in [0.29, 0.717) is 18.8 Å². The van der Waals surface area contributed by atoms with Gasteiger partial charge in [-0.3, -0.25) is 4.79 Å². The zero-order valence-electron chi connectivity index (χ0n) is 17.7. The molecule has 1 aliphatic rings. The largest absolute Gasteiger partial charge is 0.450 e. The van der Waals surface area contributed by atoms with Crippen LogP contribution in [0.4, 0.5) is 0 Å². The molecule has 1 amide bonds. The second-order valence-corrected chi connectivity index (χ2v) is 8.93. The summed E-state index contributed by atoms with van der Waals surface area (Å²) in [7, 11) is 0. The molecular formula is C23H33N2O3+. The third kappa shape index (κ3) is 5.24. The minimum Gasteiger partial charge on any atom is -0.450 e. The fourth-order valence-electron chi connectivity index (χ4n) is 3.73. The number of ether oxygens (including phenoxy) is 1. The molecule has 0 radical (unpaired) electrons. The van der Waals surface area contributed by atoms with Crippen LogP contribution in [0.25, 0.3) is 0 Å². The van der Waals surface area contributed by atoms with E-state index in [4.69, 9.17) is 9.15 Å². The van der Waals surface area contributed by atoms with E-state index in [0.717, 1.165) is 18.8 Å². The molecule has 0 saturated carbocycles. The van der Waals surface area contributed by atoms with Gasteiger partial charge in [0.05, 0.1) is 17.7 Å². The summed E-state index contributed by atoms with van der Waals surface area (Å²) in [5.74, 6) is 1.22. The standard InChI is InChI=1S/C23H32N2O3/c1-17-13-24(14-18(2)27-17)22(26)21-12-11-20(28-21)16-25(23(3,4)5)15-19-9-7-6-8-10-19/h6-12,17-18H,13-16H2,1-5H3/p+1/t17-,18-/m1/s1. The van der Waals surface area contributed by atoms with Gasteiger partial charge >= 0.3 is 0 Å². The summed E-state index contributed by atoms with van der Waals surface area (Å²) in [6, 6.07) is 14.3. The molecule has 1 unspecified atom stereocenters. The van der Waals surface area contributed by atoms with Crippen LogP contribution in [0.2, 0.25) is 0 Å². The zero-order chi connectivity index (χ0) is 20.3. The number of rotatable bonds is 5. The summed E-state index contributed by atoms with van der Waals surface area (Å²) in [6.45, 7) is 13.5. The molecule has 0 aliphatic carbocycles. The molecule has 3 atom stereocenters. The molecule has 1 aromatic heterocycles. The van der Waals surface area contributed by atoms with Gasteiger partial charge in [-0.15, -0.1) is 0 Å². The third-order valence-corrected chi connectivity index (χ3v) is 5.29. The SMILES string of the molecule is C[C@@H]1CN(C(=O)c2ccc(C[NH+](Cc3ccccc3)C(C)(C)C)o2)C[C@@H](C)O1. The van der Waals surface area contributed by atoms with Crippen LogP contribution >= 0.6 is 0 Å². The molecule has 1 saturated heterocycles.